The molecule has 1 fully saturated rings. The van der Waals surface area contributed by atoms with Gasteiger partial charge in [-0.1, -0.05) is 6.07 Å². The van der Waals surface area contributed by atoms with Crippen LogP contribution in [-0.4, -0.2) is 43.2 Å². The number of ether oxygens (including phenoxy) is 1. The quantitative estimate of drug-likeness (QED) is 0.820. The van der Waals surface area contributed by atoms with Gasteiger partial charge < -0.3 is 20.1 Å². The van der Waals surface area contributed by atoms with Gasteiger partial charge in [-0.3, -0.25) is 4.79 Å². The van der Waals surface area contributed by atoms with Crippen LogP contribution in [0.5, 0.6) is 11.5 Å². The van der Waals surface area contributed by atoms with E-state index in [-0.39, 0.29) is 17.6 Å². The van der Waals surface area contributed by atoms with Crippen LogP contribution >= 0.6 is 0 Å². The van der Waals surface area contributed by atoms with E-state index in [0.29, 0.717) is 12.3 Å². The maximum atomic E-state index is 12.0. The number of hydrogen-bond acceptors (Lipinski definition) is 4. The maximum absolute atomic E-state index is 12.0. The van der Waals surface area contributed by atoms with Gasteiger partial charge in [0.2, 0.25) is 5.91 Å². The minimum Gasteiger partial charge on any atom is -0.504 e. The molecular formula is C13H18N2O3. The summed E-state index contributed by atoms with van der Waals surface area (Å²) in [5.74, 6) is 0.798. The summed E-state index contributed by atoms with van der Waals surface area (Å²) in [7, 11) is 3.30. The molecule has 18 heavy (non-hydrogen) atoms. The van der Waals surface area contributed by atoms with E-state index in [9.17, 15) is 9.90 Å². The zero-order valence-electron chi connectivity index (χ0n) is 10.6. The van der Waals surface area contributed by atoms with Gasteiger partial charge in [-0.05, 0) is 17.7 Å². The number of rotatable bonds is 4. The molecule has 1 amide bonds. The molecule has 0 unspecified atom stereocenters. The van der Waals surface area contributed by atoms with E-state index in [2.05, 4.69) is 5.32 Å². The van der Waals surface area contributed by atoms with Crippen LogP contribution in [0.3, 0.4) is 0 Å². The Labute approximate surface area is 106 Å². The van der Waals surface area contributed by atoms with Crippen molar-refractivity contribution in [3.05, 3.63) is 23.8 Å². The van der Waals surface area contributed by atoms with Crippen LogP contribution in [0.15, 0.2) is 18.2 Å². The molecule has 1 aromatic carbocycles. The van der Waals surface area contributed by atoms with E-state index in [1.54, 1.807) is 30.1 Å². The molecule has 0 radical (unpaired) electrons. The number of methoxy groups -OCH3 is 1. The fourth-order valence-electron chi connectivity index (χ4n) is 1.95. The molecule has 0 spiro atoms. The summed E-state index contributed by atoms with van der Waals surface area (Å²) in [4.78, 5) is 13.7. The van der Waals surface area contributed by atoms with Crippen LogP contribution in [0.25, 0.3) is 0 Å². The van der Waals surface area contributed by atoms with E-state index in [1.165, 1.54) is 7.11 Å². The predicted molar refractivity (Wildman–Crippen MR) is 67.5 cm³/mol. The normalized spacial score (nSPS) is 15.0. The summed E-state index contributed by atoms with van der Waals surface area (Å²) < 4.78 is 5.04. The predicted octanol–water partition coefficient (Wildman–Crippen LogP) is 0.579. The van der Waals surface area contributed by atoms with Gasteiger partial charge >= 0.3 is 0 Å². The molecular weight excluding hydrogens is 232 g/mol. The number of carbonyl (C=O) groups is 1. The number of hydrogen-bond donors (Lipinski definition) is 2. The largest absolute Gasteiger partial charge is 0.504 e. The number of aromatic hydroxyl groups is 1. The SMILES string of the molecule is COc1cc(CN(C)C(=O)C2CNC2)ccc1O. The highest BCUT2D eigenvalue weighted by atomic mass is 16.5. The highest BCUT2D eigenvalue weighted by Gasteiger charge is 2.27. The molecule has 0 aliphatic carbocycles. The van der Waals surface area contributed by atoms with Crippen molar-refractivity contribution in [1.82, 2.24) is 10.2 Å². The Morgan fingerprint density at radius 3 is 2.83 bits per heavy atom. The molecule has 5 heteroatoms. The van der Waals surface area contributed by atoms with E-state index < -0.39 is 0 Å². The molecule has 0 saturated carbocycles. The lowest BCUT2D eigenvalue weighted by molar-refractivity contribution is -0.136. The van der Waals surface area contributed by atoms with Crippen molar-refractivity contribution in [2.24, 2.45) is 5.92 Å². The summed E-state index contributed by atoms with van der Waals surface area (Å²) in [5.41, 5.74) is 0.938. The monoisotopic (exact) mass is 250 g/mol. The number of phenolic OH excluding ortho intramolecular Hbond substituents is 1. The lowest BCUT2D eigenvalue weighted by Gasteiger charge is -2.30. The zero-order valence-corrected chi connectivity index (χ0v) is 10.6. The third kappa shape index (κ3) is 2.56. The minimum absolute atomic E-state index is 0.106. The van der Waals surface area contributed by atoms with Crippen LogP contribution < -0.4 is 10.1 Å². The van der Waals surface area contributed by atoms with Crippen molar-refractivity contribution in [2.45, 2.75) is 6.54 Å². The van der Waals surface area contributed by atoms with Crippen molar-refractivity contribution in [3.63, 3.8) is 0 Å². The summed E-state index contributed by atoms with van der Waals surface area (Å²) in [6.45, 7) is 2.05. The highest BCUT2D eigenvalue weighted by Crippen LogP contribution is 2.26. The fraction of sp³-hybridized carbons (Fsp3) is 0.462. The number of amides is 1. The summed E-state index contributed by atoms with van der Waals surface area (Å²) >= 11 is 0. The third-order valence-electron chi connectivity index (χ3n) is 3.17. The number of carbonyl (C=O) groups excluding carboxylic acids is 1. The van der Waals surface area contributed by atoms with Gasteiger partial charge in [0, 0.05) is 26.7 Å². The smallest absolute Gasteiger partial charge is 0.228 e. The van der Waals surface area contributed by atoms with Gasteiger partial charge in [0.15, 0.2) is 11.5 Å². The van der Waals surface area contributed by atoms with Gasteiger partial charge in [-0.15, -0.1) is 0 Å². The first-order chi connectivity index (χ1) is 8.61. The Morgan fingerprint density at radius 1 is 1.56 bits per heavy atom. The van der Waals surface area contributed by atoms with Gasteiger partial charge in [0.05, 0.1) is 13.0 Å². The lowest BCUT2D eigenvalue weighted by atomic mass is 10.0. The average Bonchev–Trinajstić information content (AvgIpc) is 2.29. The molecule has 2 rings (SSSR count). The first-order valence-corrected chi connectivity index (χ1v) is 5.93. The minimum atomic E-state index is 0.106. The molecule has 2 N–H and O–H groups in total. The number of nitrogens with zero attached hydrogens (tertiary/aromatic N) is 1. The Morgan fingerprint density at radius 2 is 2.28 bits per heavy atom. The van der Waals surface area contributed by atoms with E-state index in [0.717, 1.165) is 18.7 Å². The molecule has 1 aliphatic heterocycles. The van der Waals surface area contributed by atoms with E-state index in [4.69, 9.17) is 4.74 Å². The average molecular weight is 250 g/mol. The van der Waals surface area contributed by atoms with Crippen LogP contribution in [0.4, 0.5) is 0 Å². The second kappa shape index (κ2) is 5.27. The molecule has 5 nitrogen and oxygen atoms in total. The molecule has 0 atom stereocenters. The van der Waals surface area contributed by atoms with Gasteiger partial charge in [-0.25, -0.2) is 0 Å². The number of benzene rings is 1. The van der Waals surface area contributed by atoms with Crippen LogP contribution in [0, 0.1) is 5.92 Å². The summed E-state index contributed by atoms with van der Waals surface area (Å²) in [5, 5.41) is 12.6. The van der Waals surface area contributed by atoms with E-state index >= 15 is 0 Å². The topological polar surface area (TPSA) is 61.8 Å². The van der Waals surface area contributed by atoms with Crippen molar-refractivity contribution in [1.29, 1.82) is 0 Å². The van der Waals surface area contributed by atoms with Crippen molar-refractivity contribution >= 4 is 5.91 Å². The molecule has 1 heterocycles. The molecule has 1 aliphatic rings. The molecule has 0 bridgehead atoms. The Hall–Kier alpha value is -1.75. The van der Waals surface area contributed by atoms with Crippen LogP contribution in [-0.2, 0) is 11.3 Å². The van der Waals surface area contributed by atoms with Crippen molar-refractivity contribution < 1.29 is 14.6 Å². The molecule has 98 valence electrons. The van der Waals surface area contributed by atoms with Crippen LogP contribution in [0.2, 0.25) is 0 Å². The second-order valence-electron chi connectivity index (χ2n) is 4.56. The summed E-state index contributed by atoms with van der Waals surface area (Å²) in [6.07, 6.45) is 0. The first-order valence-electron chi connectivity index (χ1n) is 5.93. The Kier molecular flexibility index (Phi) is 3.72. The Balaban J connectivity index is 2.01. The third-order valence-corrected chi connectivity index (χ3v) is 3.17. The van der Waals surface area contributed by atoms with Crippen LogP contribution in [0.1, 0.15) is 5.56 Å². The van der Waals surface area contributed by atoms with Gasteiger partial charge in [-0.2, -0.15) is 0 Å². The molecule has 1 aromatic rings. The lowest BCUT2D eigenvalue weighted by Crippen LogP contribution is -2.50. The first kappa shape index (κ1) is 12.7. The maximum Gasteiger partial charge on any atom is 0.228 e. The second-order valence-corrected chi connectivity index (χ2v) is 4.56. The number of nitrogens with one attached hydrogen (secondary N) is 1. The number of phenols is 1. The van der Waals surface area contributed by atoms with Crippen molar-refractivity contribution in [3.8, 4) is 11.5 Å². The standard InChI is InChI=1S/C13H18N2O3/c1-15(13(17)10-6-14-7-10)8-9-3-4-11(16)12(5-9)18-2/h3-5,10,14,16H,6-8H2,1-2H3. The molecule has 1 saturated heterocycles. The van der Waals surface area contributed by atoms with E-state index in [1.807, 2.05) is 0 Å². The summed E-state index contributed by atoms with van der Waals surface area (Å²) in [6, 6.07) is 5.12. The fourth-order valence-corrected chi connectivity index (χ4v) is 1.95. The highest BCUT2D eigenvalue weighted by molar-refractivity contribution is 5.80. The van der Waals surface area contributed by atoms with Crippen molar-refractivity contribution in [2.75, 3.05) is 27.2 Å². The Bertz CT molecular complexity index is 444. The zero-order chi connectivity index (χ0) is 13.1. The van der Waals surface area contributed by atoms with Gasteiger partial charge in [0.1, 0.15) is 0 Å². The molecule has 0 aromatic heterocycles. The van der Waals surface area contributed by atoms with Gasteiger partial charge in [0.25, 0.3) is 0 Å².